The van der Waals surface area contributed by atoms with E-state index in [1.807, 2.05) is 0 Å². The second-order valence-electron chi connectivity index (χ2n) is 5.20. The molecule has 0 saturated carbocycles. The molecule has 0 radical (unpaired) electrons. The van der Waals surface area contributed by atoms with Gasteiger partial charge in [-0.3, -0.25) is 0 Å². The predicted octanol–water partition coefficient (Wildman–Crippen LogP) is 5.06. The summed E-state index contributed by atoms with van der Waals surface area (Å²) in [6.07, 6.45) is 6.27. The number of aryl methyl sites for hydroxylation is 1. The van der Waals surface area contributed by atoms with Crippen molar-refractivity contribution in [1.82, 2.24) is 0 Å². The molecule has 1 aromatic carbocycles. The van der Waals surface area contributed by atoms with E-state index in [0.717, 1.165) is 31.4 Å². The summed E-state index contributed by atoms with van der Waals surface area (Å²) in [6, 6.07) is 2.27. The highest BCUT2D eigenvalue weighted by molar-refractivity contribution is 5.26. The van der Waals surface area contributed by atoms with Gasteiger partial charge in [-0.1, -0.05) is 45.4 Å². The van der Waals surface area contributed by atoms with E-state index in [9.17, 15) is 13.9 Å². The first-order valence-electron chi connectivity index (χ1n) is 7.19. The number of rotatable bonds is 8. The van der Waals surface area contributed by atoms with Gasteiger partial charge in [0.05, 0.1) is 6.10 Å². The molecule has 0 bridgehead atoms. The van der Waals surface area contributed by atoms with Crippen molar-refractivity contribution in [1.29, 1.82) is 0 Å². The minimum absolute atomic E-state index is 0.0802. The van der Waals surface area contributed by atoms with Crippen LogP contribution >= 0.6 is 0 Å². The van der Waals surface area contributed by atoms with Crippen molar-refractivity contribution < 1.29 is 13.9 Å². The van der Waals surface area contributed by atoms with Crippen molar-refractivity contribution in [3.63, 3.8) is 0 Å². The third-order valence-corrected chi connectivity index (χ3v) is 3.47. The Labute approximate surface area is 114 Å². The third kappa shape index (κ3) is 5.27. The molecule has 108 valence electrons. The number of unbranched alkanes of at least 4 members (excludes halogenated alkanes) is 5. The molecule has 0 aliphatic carbocycles. The first-order valence-corrected chi connectivity index (χ1v) is 7.19. The summed E-state index contributed by atoms with van der Waals surface area (Å²) in [5.41, 5.74) is 0.352. The summed E-state index contributed by atoms with van der Waals surface area (Å²) in [4.78, 5) is 0. The van der Waals surface area contributed by atoms with E-state index in [1.165, 1.54) is 26.2 Å². The Morgan fingerprint density at radius 1 is 1.00 bits per heavy atom. The zero-order valence-corrected chi connectivity index (χ0v) is 11.9. The molecule has 1 N–H and O–H groups in total. The molecular weight excluding hydrogens is 246 g/mol. The van der Waals surface area contributed by atoms with Gasteiger partial charge in [0.2, 0.25) is 0 Å². The normalized spacial score (nSPS) is 12.7. The Bertz CT molecular complexity index is 391. The monoisotopic (exact) mass is 270 g/mol. The number of benzene rings is 1. The number of aliphatic hydroxyl groups excluding tert-OH is 1. The molecule has 0 aromatic heterocycles. The molecule has 0 heterocycles. The molecule has 1 atom stereocenters. The number of hydrogen-bond acceptors (Lipinski definition) is 1. The van der Waals surface area contributed by atoms with Gasteiger partial charge in [0.25, 0.3) is 0 Å². The summed E-state index contributed by atoms with van der Waals surface area (Å²) in [5.74, 6) is -0.976. The highest BCUT2D eigenvalue weighted by atomic mass is 19.1. The van der Waals surface area contributed by atoms with Crippen LogP contribution in [0.25, 0.3) is 0 Å². The van der Waals surface area contributed by atoms with Gasteiger partial charge >= 0.3 is 0 Å². The largest absolute Gasteiger partial charge is 0.388 e. The lowest BCUT2D eigenvalue weighted by Crippen LogP contribution is -2.03. The van der Waals surface area contributed by atoms with Gasteiger partial charge in [0.1, 0.15) is 11.6 Å². The maximum absolute atomic E-state index is 13.6. The maximum Gasteiger partial charge on any atom is 0.129 e. The average Bonchev–Trinajstić information content (AvgIpc) is 2.37. The fourth-order valence-corrected chi connectivity index (χ4v) is 2.19. The van der Waals surface area contributed by atoms with Gasteiger partial charge in [-0.2, -0.15) is 0 Å². The van der Waals surface area contributed by atoms with Crippen molar-refractivity contribution in [3.8, 4) is 0 Å². The lowest BCUT2D eigenvalue weighted by atomic mass is 10.00. The zero-order valence-electron chi connectivity index (χ0n) is 11.9. The van der Waals surface area contributed by atoms with E-state index in [0.29, 0.717) is 6.42 Å². The first-order chi connectivity index (χ1) is 9.06. The van der Waals surface area contributed by atoms with Crippen LogP contribution in [0.3, 0.4) is 0 Å². The van der Waals surface area contributed by atoms with Crippen molar-refractivity contribution in [2.24, 2.45) is 0 Å². The van der Waals surface area contributed by atoms with Crippen molar-refractivity contribution in [2.75, 3.05) is 0 Å². The molecule has 0 saturated heterocycles. The van der Waals surface area contributed by atoms with E-state index in [-0.39, 0.29) is 11.1 Å². The summed E-state index contributed by atoms with van der Waals surface area (Å²) in [6.45, 7) is 3.68. The predicted molar refractivity (Wildman–Crippen MR) is 74.0 cm³/mol. The molecular formula is C16H24F2O. The van der Waals surface area contributed by atoms with Gasteiger partial charge in [-0.25, -0.2) is 8.78 Å². The zero-order chi connectivity index (χ0) is 14.3. The van der Waals surface area contributed by atoms with Gasteiger partial charge < -0.3 is 5.11 Å². The molecule has 1 aromatic rings. The van der Waals surface area contributed by atoms with E-state index < -0.39 is 17.7 Å². The van der Waals surface area contributed by atoms with Crippen LogP contribution < -0.4 is 0 Å². The minimum Gasteiger partial charge on any atom is -0.388 e. The van der Waals surface area contributed by atoms with Gasteiger partial charge in [0.15, 0.2) is 0 Å². The second-order valence-corrected chi connectivity index (χ2v) is 5.20. The molecule has 1 rings (SSSR count). The van der Waals surface area contributed by atoms with Crippen LogP contribution in [0, 0.1) is 18.6 Å². The Balaban J connectivity index is 2.41. The van der Waals surface area contributed by atoms with Gasteiger partial charge in [0, 0.05) is 5.56 Å². The van der Waals surface area contributed by atoms with Crippen molar-refractivity contribution >= 4 is 0 Å². The molecule has 1 nitrogen and oxygen atoms in total. The van der Waals surface area contributed by atoms with Crippen LogP contribution in [0.2, 0.25) is 0 Å². The third-order valence-electron chi connectivity index (χ3n) is 3.47. The van der Waals surface area contributed by atoms with Crippen LogP contribution in [0.1, 0.15) is 69.1 Å². The molecule has 0 fully saturated rings. The highest BCUT2D eigenvalue weighted by Gasteiger charge is 2.15. The fraction of sp³-hybridized carbons (Fsp3) is 0.625. The Kier molecular flexibility index (Phi) is 7.00. The first kappa shape index (κ1) is 16.1. The number of aliphatic hydroxyl groups is 1. The summed E-state index contributed by atoms with van der Waals surface area (Å²) >= 11 is 0. The highest BCUT2D eigenvalue weighted by Crippen LogP contribution is 2.25. The van der Waals surface area contributed by atoms with E-state index in [1.54, 1.807) is 0 Å². The summed E-state index contributed by atoms with van der Waals surface area (Å²) in [5, 5.41) is 9.91. The van der Waals surface area contributed by atoms with Crippen LogP contribution in [0.15, 0.2) is 12.1 Å². The minimum atomic E-state index is -0.902. The Morgan fingerprint density at radius 2 is 1.63 bits per heavy atom. The fourth-order valence-electron chi connectivity index (χ4n) is 2.19. The molecule has 0 spiro atoms. The van der Waals surface area contributed by atoms with E-state index >= 15 is 0 Å². The second kappa shape index (κ2) is 8.26. The molecule has 0 aliphatic rings. The number of hydrogen-bond donors (Lipinski definition) is 1. The lowest BCUT2D eigenvalue weighted by molar-refractivity contribution is 0.158. The smallest absolute Gasteiger partial charge is 0.129 e. The van der Waals surface area contributed by atoms with Gasteiger partial charge in [-0.15, -0.1) is 0 Å². The molecule has 0 amide bonds. The standard InChI is InChI=1S/C16H24F2O/c1-3-4-5-6-7-8-9-16(19)13-11-14(17)12(2)10-15(13)18/h10-11,16,19H,3-9H2,1-2H3. The molecule has 1 unspecified atom stereocenters. The maximum atomic E-state index is 13.6. The molecule has 0 aliphatic heterocycles. The average molecular weight is 270 g/mol. The van der Waals surface area contributed by atoms with Crippen molar-refractivity contribution in [2.45, 2.75) is 64.9 Å². The van der Waals surface area contributed by atoms with Crippen LogP contribution in [0.4, 0.5) is 8.78 Å². The van der Waals surface area contributed by atoms with Crippen LogP contribution in [-0.2, 0) is 0 Å². The number of halogens is 2. The quantitative estimate of drug-likeness (QED) is 0.655. The van der Waals surface area contributed by atoms with Crippen molar-refractivity contribution in [3.05, 3.63) is 34.9 Å². The van der Waals surface area contributed by atoms with Crippen LogP contribution in [-0.4, -0.2) is 5.11 Å². The summed E-state index contributed by atoms with van der Waals surface area (Å²) < 4.78 is 27.0. The lowest BCUT2D eigenvalue weighted by Gasteiger charge is -2.13. The SMILES string of the molecule is CCCCCCCCC(O)c1cc(F)c(C)cc1F. The molecule has 19 heavy (non-hydrogen) atoms. The molecule has 3 heteroatoms. The van der Waals surface area contributed by atoms with Crippen LogP contribution in [0.5, 0.6) is 0 Å². The topological polar surface area (TPSA) is 20.2 Å². The summed E-state index contributed by atoms with van der Waals surface area (Å²) in [7, 11) is 0. The van der Waals surface area contributed by atoms with E-state index in [2.05, 4.69) is 6.92 Å². The van der Waals surface area contributed by atoms with Gasteiger partial charge in [-0.05, 0) is 31.0 Å². The Morgan fingerprint density at radius 3 is 2.32 bits per heavy atom. The Hall–Kier alpha value is -0.960. The van der Waals surface area contributed by atoms with E-state index in [4.69, 9.17) is 0 Å².